The molecule has 7 rings (SSSR count). The second-order valence-corrected chi connectivity index (χ2v) is 9.52. The van der Waals surface area contributed by atoms with Gasteiger partial charge in [-0.3, -0.25) is 4.90 Å². The van der Waals surface area contributed by atoms with Crippen LogP contribution in [0.2, 0.25) is 0 Å². The molecule has 0 aromatic heterocycles. The minimum Gasteiger partial charge on any atom is -0.504 e. The Morgan fingerprint density at radius 1 is 1.10 bits per heavy atom. The molecule has 6 heteroatoms. The zero-order valence-electron chi connectivity index (χ0n) is 16.3. The third-order valence-electron chi connectivity index (χ3n) is 6.96. The van der Waals surface area contributed by atoms with Gasteiger partial charge in [0, 0.05) is 39.1 Å². The van der Waals surface area contributed by atoms with E-state index in [4.69, 9.17) is 4.74 Å². The van der Waals surface area contributed by atoms with Crippen molar-refractivity contribution in [3.05, 3.63) is 70.3 Å². The highest BCUT2D eigenvalue weighted by molar-refractivity contribution is 7.99. The molecule has 0 saturated heterocycles. The van der Waals surface area contributed by atoms with E-state index in [1.54, 1.807) is 17.8 Å². The van der Waals surface area contributed by atoms with Crippen molar-refractivity contribution in [2.75, 3.05) is 13.6 Å². The number of hydrogen-bond donors (Lipinski definition) is 2. The number of rotatable bonds is 0. The lowest BCUT2D eigenvalue weighted by Crippen LogP contribution is -2.43. The molecule has 0 fully saturated rings. The van der Waals surface area contributed by atoms with Crippen molar-refractivity contribution < 1.29 is 14.9 Å². The van der Waals surface area contributed by atoms with Gasteiger partial charge in [0.2, 0.25) is 0 Å². The number of ether oxygens (including phenoxy) is 1. The Kier molecular flexibility index (Phi) is 3.68. The summed E-state index contributed by atoms with van der Waals surface area (Å²) >= 11 is 1.71. The van der Waals surface area contributed by atoms with Crippen molar-refractivity contribution in [2.24, 2.45) is 0 Å². The quantitative estimate of drug-likeness (QED) is 0.537. The van der Waals surface area contributed by atoms with Crippen molar-refractivity contribution in [1.29, 1.82) is 0 Å². The van der Waals surface area contributed by atoms with E-state index >= 15 is 0 Å². The van der Waals surface area contributed by atoms with E-state index in [9.17, 15) is 10.2 Å². The summed E-state index contributed by atoms with van der Waals surface area (Å²) in [6.07, 6.45) is 1.89. The Hall–Kier alpha value is -2.18. The highest BCUT2D eigenvalue weighted by Crippen LogP contribution is 2.62. The van der Waals surface area contributed by atoms with Crippen LogP contribution < -0.4 is 4.74 Å². The maximum atomic E-state index is 12.0. The van der Waals surface area contributed by atoms with Crippen LogP contribution in [-0.4, -0.2) is 28.7 Å². The van der Waals surface area contributed by atoms with Gasteiger partial charge in [0.05, 0.1) is 5.56 Å². The van der Waals surface area contributed by atoms with E-state index < -0.39 is 5.79 Å². The van der Waals surface area contributed by atoms with Crippen molar-refractivity contribution in [3.8, 4) is 22.6 Å². The molecule has 4 aliphatic rings. The van der Waals surface area contributed by atoms with E-state index in [1.165, 1.54) is 16.7 Å². The van der Waals surface area contributed by atoms with Crippen LogP contribution in [-0.2, 0) is 18.6 Å². The number of aliphatic hydroxyl groups is 1. The van der Waals surface area contributed by atoms with Crippen LogP contribution in [0.1, 0.15) is 33.9 Å². The molecular weight excluding hydrogens is 418 g/mol. The molecule has 0 spiro atoms. The molecule has 0 saturated carbocycles. The molecule has 2 atom stereocenters. The first kappa shape index (κ1) is 18.6. The average molecular weight is 438 g/mol. The number of nitrogens with zero attached hydrogens (tertiary/aromatic N) is 1. The number of fused-ring (bicyclic) bond motifs is 2. The number of phenols is 1. The molecule has 2 N–H and O–H groups in total. The third-order valence-corrected chi connectivity index (χ3v) is 8.08. The fourth-order valence-corrected chi connectivity index (χ4v) is 6.88. The summed E-state index contributed by atoms with van der Waals surface area (Å²) in [6.45, 7) is 1.03. The molecular formula is C24H20ClNO3S. The summed E-state index contributed by atoms with van der Waals surface area (Å²) in [6, 6.07) is 14.1. The third kappa shape index (κ3) is 2.06. The summed E-state index contributed by atoms with van der Waals surface area (Å²) in [5.74, 6) is -1.10. The van der Waals surface area contributed by atoms with Gasteiger partial charge in [0.25, 0.3) is 5.79 Å². The van der Waals surface area contributed by atoms with Gasteiger partial charge < -0.3 is 14.9 Å². The van der Waals surface area contributed by atoms with Gasteiger partial charge in [-0.25, -0.2) is 0 Å². The molecule has 0 bridgehead atoms. The Morgan fingerprint density at radius 2 is 1.93 bits per heavy atom. The standard InChI is InChI=1S/C24H19NO3S.ClH/c1-25-9-8-13-11-18-22-21-19(13)15(25)10-12-6-7-16(26)23(20(12)21)28-24(22,27)14-4-2-3-5-17(14)29-18;/h2-7,11,15,26-27H,8-10H2,1H3;1H/t15-,24+;/m1./s1. The molecule has 0 unspecified atom stereocenters. The first-order valence-corrected chi connectivity index (χ1v) is 10.8. The van der Waals surface area contributed by atoms with Gasteiger partial charge >= 0.3 is 0 Å². The van der Waals surface area contributed by atoms with Crippen LogP contribution in [0.4, 0.5) is 0 Å². The molecule has 0 radical (unpaired) electrons. The van der Waals surface area contributed by atoms with Gasteiger partial charge in [0.1, 0.15) is 0 Å². The molecule has 1 aliphatic carbocycles. The van der Waals surface area contributed by atoms with Crippen molar-refractivity contribution >= 4 is 24.2 Å². The fourth-order valence-electron chi connectivity index (χ4n) is 5.63. The number of likely N-dealkylation sites (N-methyl/N-ethyl adjacent to an activating group) is 1. The highest BCUT2D eigenvalue weighted by atomic mass is 35.5. The Labute approximate surface area is 184 Å². The predicted molar refractivity (Wildman–Crippen MR) is 118 cm³/mol. The lowest BCUT2D eigenvalue weighted by Gasteiger charge is -2.47. The van der Waals surface area contributed by atoms with Gasteiger partial charge in [-0.1, -0.05) is 36.0 Å². The van der Waals surface area contributed by atoms with Gasteiger partial charge in [-0.05, 0) is 54.8 Å². The number of benzene rings is 3. The van der Waals surface area contributed by atoms with Crippen LogP contribution in [0.3, 0.4) is 0 Å². The van der Waals surface area contributed by atoms with Crippen LogP contribution in [0.25, 0.3) is 11.1 Å². The van der Waals surface area contributed by atoms with Gasteiger partial charge in [-0.15, -0.1) is 12.4 Å². The van der Waals surface area contributed by atoms with Crippen molar-refractivity contribution in [3.63, 3.8) is 0 Å². The van der Waals surface area contributed by atoms with Gasteiger partial charge in [-0.2, -0.15) is 0 Å². The van der Waals surface area contributed by atoms with E-state index in [0.29, 0.717) is 5.75 Å². The van der Waals surface area contributed by atoms with Crippen molar-refractivity contribution in [2.45, 2.75) is 34.5 Å². The zero-order chi connectivity index (χ0) is 19.5. The minimum absolute atomic E-state index is 0. The second kappa shape index (κ2) is 5.95. The molecule has 3 aliphatic heterocycles. The van der Waals surface area contributed by atoms with Crippen molar-refractivity contribution in [1.82, 2.24) is 4.90 Å². The SMILES string of the molecule is CN1CCc2cc3c4c5c2[C@H]1Cc1ccc(O)c(c1-5)O[C@@]4(O)c1ccccc1S3.Cl. The lowest BCUT2D eigenvalue weighted by atomic mass is 9.72. The Bertz CT molecular complexity index is 1260. The van der Waals surface area contributed by atoms with Crippen LogP contribution in [0.5, 0.6) is 11.5 Å². The first-order valence-electron chi connectivity index (χ1n) is 10.0. The summed E-state index contributed by atoms with van der Waals surface area (Å²) in [7, 11) is 2.18. The molecule has 3 heterocycles. The Balaban J connectivity index is 0.00000175. The maximum absolute atomic E-state index is 12.0. The predicted octanol–water partition coefficient (Wildman–Crippen LogP) is 4.62. The topological polar surface area (TPSA) is 52.9 Å². The summed E-state index contributed by atoms with van der Waals surface area (Å²) in [5.41, 5.74) is 7.48. The summed E-state index contributed by atoms with van der Waals surface area (Å²) in [4.78, 5) is 4.47. The summed E-state index contributed by atoms with van der Waals surface area (Å²) in [5, 5.41) is 22.7. The number of phenolic OH excluding ortho intramolecular Hbond substituents is 1. The van der Waals surface area contributed by atoms with Crippen LogP contribution in [0, 0.1) is 0 Å². The van der Waals surface area contributed by atoms with Crippen LogP contribution >= 0.6 is 24.2 Å². The summed E-state index contributed by atoms with van der Waals surface area (Å²) < 4.78 is 6.29. The van der Waals surface area contributed by atoms with E-state index in [-0.39, 0.29) is 24.2 Å². The van der Waals surface area contributed by atoms with Crippen LogP contribution in [0.15, 0.2) is 52.3 Å². The molecule has 3 aromatic rings. The Morgan fingerprint density at radius 3 is 2.80 bits per heavy atom. The molecule has 152 valence electrons. The van der Waals surface area contributed by atoms with E-state index in [0.717, 1.165) is 51.4 Å². The van der Waals surface area contributed by atoms with E-state index in [1.807, 2.05) is 30.3 Å². The number of hydrogen-bond acceptors (Lipinski definition) is 5. The number of halogens is 1. The normalized spacial score (nSPS) is 24.3. The molecule has 30 heavy (non-hydrogen) atoms. The fraction of sp³-hybridized carbons (Fsp3) is 0.250. The first-order chi connectivity index (χ1) is 14.1. The molecule has 0 amide bonds. The average Bonchev–Trinajstić information content (AvgIpc) is 2.72. The molecule has 4 nitrogen and oxygen atoms in total. The van der Waals surface area contributed by atoms with Gasteiger partial charge in [0.15, 0.2) is 11.5 Å². The largest absolute Gasteiger partial charge is 0.504 e. The highest BCUT2D eigenvalue weighted by Gasteiger charge is 2.51. The maximum Gasteiger partial charge on any atom is 0.264 e. The lowest BCUT2D eigenvalue weighted by molar-refractivity contribution is -0.116. The molecule has 3 aromatic carbocycles. The monoisotopic (exact) mass is 437 g/mol. The zero-order valence-corrected chi connectivity index (χ0v) is 17.9. The second-order valence-electron chi connectivity index (χ2n) is 8.44. The number of aromatic hydroxyl groups is 1. The minimum atomic E-state index is -1.59. The van der Waals surface area contributed by atoms with E-state index in [2.05, 4.69) is 18.0 Å². The smallest absolute Gasteiger partial charge is 0.264 e.